The minimum absolute atomic E-state index is 0.902. The summed E-state index contributed by atoms with van der Waals surface area (Å²) in [6.45, 7) is 1.86. The summed E-state index contributed by atoms with van der Waals surface area (Å²) in [4.78, 5) is -1.03. The lowest BCUT2D eigenvalue weighted by Gasteiger charge is -2.20. The molecule has 0 aromatic heterocycles. The number of rotatable bonds is 0. The Labute approximate surface area is 64.8 Å². The second-order valence-corrected chi connectivity index (χ2v) is 2.75. The van der Waals surface area contributed by atoms with Gasteiger partial charge in [0.1, 0.15) is 6.07 Å². The summed E-state index contributed by atoms with van der Waals surface area (Å²) in [6.07, 6.45) is 5.24. The smallest absolute Gasteiger partial charge is 0.219 e. The molecule has 1 rings (SSSR count). The maximum atomic E-state index is 8.55. The van der Waals surface area contributed by atoms with Gasteiger partial charge in [0, 0.05) is 5.70 Å². The maximum absolute atomic E-state index is 8.55. The van der Waals surface area contributed by atoms with Crippen molar-refractivity contribution in [3.63, 3.8) is 0 Å². The van der Waals surface area contributed by atoms with Crippen LogP contribution >= 0.6 is 11.6 Å². The fraction of sp³-hybridized carbons (Fsp3) is 0.286. The van der Waals surface area contributed by atoms with Crippen molar-refractivity contribution in [2.75, 3.05) is 0 Å². The van der Waals surface area contributed by atoms with Gasteiger partial charge >= 0.3 is 0 Å². The summed E-state index contributed by atoms with van der Waals surface area (Å²) in [7, 11) is 0. The molecule has 1 heterocycles. The van der Waals surface area contributed by atoms with Gasteiger partial charge < -0.3 is 5.32 Å². The van der Waals surface area contributed by atoms with Crippen LogP contribution in [-0.2, 0) is 0 Å². The van der Waals surface area contributed by atoms with Gasteiger partial charge in [-0.05, 0) is 19.1 Å². The van der Waals surface area contributed by atoms with Gasteiger partial charge in [-0.15, -0.1) is 0 Å². The molecule has 52 valence electrons. The fourth-order valence-electron chi connectivity index (χ4n) is 0.761. The average Bonchev–Trinajstić information content (AvgIpc) is 1.88. The molecule has 1 aliphatic heterocycles. The third-order valence-corrected chi connectivity index (χ3v) is 1.52. The van der Waals surface area contributed by atoms with Crippen molar-refractivity contribution in [3.05, 3.63) is 23.9 Å². The normalized spacial score (nSPS) is 30.3. The van der Waals surface area contributed by atoms with E-state index in [9.17, 15) is 0 Å². The highest BCUT2D eigenvalue weighted by Crippen LogP contribution is 2.17. The summed E-state index contributed by atoms with van der Waals surface area (Å²) in [5, 5.41) is 11.4. The molecular weight excluding hydrogens is 148 g/mol. The van der Waals surface area contributed by atoms with E-state index < -0.39 is 5.00 Å². The lowest BCUT2D eigenvalue weighted by molar-refractivity contribution is 0.723. The van der Waals surface area contributed by atoms with Gasteiger partial charge in [-0.25, -0.2) is 0 Å². The largest absolute Gasteiger partial charge is 0.356 e. The van der Waals surface area contributed by atoms with Crippen LogP contribution in [0.5, 0.6) is 0 Å². The first-order valence-electron chi connectivity index (χ1n) is 2.91. The molecule has 0 fully saturated rings. The second kappa shape index (κ2) is 2.36. The molecule has 1 atom stereocenters. The number of alkyl halides is 1. The predicted molar refractivity (Wildman–Crippen MR) is 40.2 cm³/mol. The van der Waals surface area contributed by atoms with Crippen molar-refractivity contribution in [2.45, 2.75) is 11.9 Å². The Morgan fingerprint density at radius 3 is 2.90 bits per heavy atom. The Balaban J connectivity index is 2.84. The van der Waals surface area contributed by atoms with Crippen LogP contribution in [0.2, 0.25) is 0 Å². The minimum Gasteiger partial charge on any atom is -0.356 e. The van der Waals surface area contributed by atoms with E-state index in [0.29, 0.717) is 0 Å². The van der Waals surface area contributed by atoms with Gasteiger partial charge in [-0.1, -0.05) is 17.7 Å². The molecular formula is C7H7ClN2. The van der Waals surface area contributed by atoms with Gasteiger partial charge in [-0.3, -0.25) is 0 Å². The fourth-order valence-corrected chi connectivity index (χ4v) is 0.982. The third kappa shape index (κ3) is 1.31. The molecule has 0 spiro atoms. The minimum atomic E-state index is -1.03. The molecule has 3 heteroatoms. The summed E-state index contributed by atoms with van der Waals surface area (Å²) in [5.41, 5.74) is 0.902. The quantitative estimate of drug-likeness (QED) is 0.424. The second-order valence-electron chi connectivity index (χ2n) is 2.16. The van der Waals surface area contributed by atoms with Crippen LogP contribution in [0.1, 0.15) is 6.92 Å². The molecule has 0 aromatic rings. The van der Waals surface area contributed by atoms with E-state index in [0.717, 1.165) is 5.70 Å². The van der Waals surface area contributed by atoms with Crippen molar-refractivity contribution < 1.29 is 0 Å². The van der Waals surface area contributed by atoms with E-state index in [1.54, 1.807) is 12.2 Å². The Hall–Kier alpha value is -0.940. The van der Waals surface area contributed by atoms with Crippen LogP contribution in [0.3, 0.4) is 0 Å². The molecule has 1 N–H and O–H groups in total. The number of dihydropyridines is 1. The molecule has 0 aromatic carbocycles. The standard InChI is InChI=1S/C7H7ClN2/c1-6-3-2-4-7(8,5-9)10-6/h2-4,10H,1H3. The Morgan fingerprint density at radius 2 is 2.50 bits per heavy atom. The highest BCUT2D eigenvalue weighted by Gasteiger charge is 2.23. The van der Waals surface area contributed by atoms with Crippen LogP contribution < -0.4 is 5.32 Å². The zero-order valence-electron chi connectivity index (χ0n) is 5.56. The number of hydrogen-bond acceptors (Lipinski definition) is 2. The molecule has 1 unspecified atom stereocenters. The van der Waals surface area contributed by atoms with Crippen LogP contribution in [0.4, 0.5) is 0 Å². The van der Waals surface area contributed by atoms with Gasteiger partial charge in [0.2, 0.25) is 5.00 Å². The van der Waals surface area contributed by atoms with Crippen molar-refractivity contribution in [1.29, 1.82) is 5.26 Å². The summed E-state index contributed by atoms with van der Waals surface area (Å²) in [5.74, 6) is 0. The van der Waals surface area contributed by atoms with Crippen molar-refractivity contribution >= 4 is 11.6 Å². The van der Waals surface area contributed by atoms with Crippen molar-refractivity contribution in [1.82, 2.24) is 5.32 Å². The predicted octanol–water partition coefficient (Wildman–Crippen LogP) is 1.51. The number of nitrogens with zero attached hydrogens (tertiary/aromatic N) is 1. The number of nitriles is 1. The van der Waals surface area contributed by atoms with Crippen LogP contribution in [0.25, 0.3) is 0 Å². The molecule has 0 aliphatic carbocycles. The van der Waals surface area contributed by atoms with Crippen LogP contribution in [-0.4, -0.2) is 5.00 Å². The molecule has 0 saturated heterocycles. The first kappa shape index (κ1) is 7.17. The molecule has 10 heavy (non-hydrogen) atoms. The monoisotopic (exact) mass is 154 g/mol. The Bertz CT molecular complexity index is 236. The summed E-state index contributed by atoms with van der Waals surface area (Å²) < 4.78 is 0. The maximum Gasteiger partial charge on any atom is 0.219 e. The molecule has 1 aliphatic rings. The van der Waals surface area contributed by atoms with E-state index in [1.807, 2.05) is 19.1 Å². The first-order valence-corrected chi connectivity index (χ1v) is 3.28. The highest BCUT2D eigenvalue weighted by atomic mass is 35.5. The van der Waals surface area contributed by atoms with E-state index in [-0.39, 0.29) is 0 Å². The van der Waals surface area contributed by atoms with Gasteiger partial charge in [0.05, 0.1) is 0 Å². The van der Waals surface area contributed by atoms with E-state index in [2.05, 4.69) is 5.32 Å². The van der Waals surface area contributed by atoms with Crippen LogP contribution in [0.15, 0.2) is 23.9 Å². The number of halogens is 1. The zero-order valence-corrected chi connectivity index (χ0v) is 6.31. The Kier molecular flexibility index (Phi) is 1.69. The lowest BCUT2D eigenvalue weighted by atomic mass is 10.2. The summed E-state index contributed by atoms with van der Waals surface area (Å²) >= 11 is 5.75. The molecule has 0 amide bonds. The molecule has 0 saturated carbocycles. The van der Waals surface area contributed by atoms with Gasteiger partial charge in [0.15, 0.2) is 0 Å². The highest BCUT2D eigenvalue weighted by molar-refractivity contribution is 6.27. The SMILES string of the molecule is CC1=CC=CC(Cl)(C#N)N1. The van der Waals surface area contributed by atoms with E-state index in [1.165, 1.54) is 0 Å². The summed E-state index contributed by atoms with van der Waals surface area (Å²) in [6, 6.07) is 1.94. The van der Waals surface area contributed by atoms with E-state index >= 15 is 0 Å². The topological polar surface area (TPSA) is 35.8 Å². The van der Waals surface area contributed by atoms with Crippen molar-refractivity contribution in [3.8, 4) is 6.07 Å². The number of nitrogens with one attached hydrogen (secondary N) is 1. The number of allylic oxidation sites excluding steroid dienone is 3. The molecule has 0 bridgehead atoms. The first-order chi connectivity index (χ1) is 4.66. The van der Waals surface area contributed by atoms with Crippen molar-refractivity contribution in [2.24, 2.45) is 0 Å². The zero-order chi connectivity index (χ0) is 7.61. The van der Waals surface area contributed by atoms with E-state index in [4.69, 9.17) is 16.9 Å². The number of hydrogen-bond donors (Lipinski definition) is 1. The lowest BCUT2D eigenvalue weighted by Crippen LogP contribution is -2.36. The van der Waals surface area contributed by atoms with Gasteiger partial charge in [-0.2, -0.15) is 5.26 Å². The van der Waals surface area contributed by atoms with Crippen LogP contribution in [0, 0.1) is 11.3 Å². The molecule has 0 radical (unpaired) electrons. The molecule has 2 nitrogen and oxygen atoms in total. The van der Waals surface area contributed by atoms with Gasteiger partial charge in [0.25, 0.3) is 0 Å². The average molecular weight is 155 g/mol. The third-order valence-electron chi connectivity index (χ3n) is 1.21. The Morgan fingerprint density at radius 1 is 1.80 bits per heavy atom.